The van der Waals surface area contributed by atoms with E-state index in [0.717, 1.165) is 4.31 Å². The molecule has 1 N–H and O–H groups in total. The molecule has 1 aliphatic rings. The fourth-order valence-corrected chi connectivity index (χ4v) is 4.75. The molecule has 8 nitrogen and oxygen atoms in total. The standard InChI is InChI=1S/C15H20N4O4S2/c1-14(2,3)23-13(20)17-12-18-15(4,9-25(21,22)19(12)5)11-7-6-10(8-16)24-11/h6-7H,9H2,1-5H3,(H,17,18,20)/t15-/m0/s1. The van der Waals surface area contributed by atoms with Crippen LogP contribution in [0, 0.1) is 11.3 Å². The third-order valence-corrected chi connectivity index (χ3v) is 6.63. The van der Waals surface area contributed by atoms with Gasteiger partial charge in [0.2, 0.25) is 16.0 Å². The second-order valence-corrected chi connectivity index (χ2v) is 9.96. The number of amides is 1. The predicted octanol–water partition coefficient (Wildman–Crippen LogP) is 1.99. The number of nitrogens with zero attached hydrogens (tertiary/aromatic N) is 3. The van der Waals surface area contributed by atoms with Gasteiger partial charge in [-0.2, -0.15) is 5.26 Å². The highest BCUT2D eigenvalue weighted by atomic mass is 32.2. The number of hydrogen-bond donors (Lipinski definition) is 1. The zero-order valence-electron chi connectivity index (χ0n) is 14.7. The summed E-state index contributed by atoms with van der Waals surface area (Å²) < 4.78 is 31.1. The summed E-state index contributed by atoms with van der Waals surface area (Å²) in [7, 11) is -2.38. The number of aliphatic imine (C=N–C) groups is 1. The first-order chi connectivity index (χ1) is 11.4. The molecule has 0 radical (unpaired) electrons. The first-order valence-electron chi connectivity index (χ1n) is 7.43. The van der Waals surface area contributed by atoms with Crippen LogP contribution in [0.25, 0.3) is 0 Å². The fourth-order valence-electron chi connectivity index (χ4n) is 2.25. The maximum Gasteiger partial charge on any atom is 0.437 e. The Hall–Kier alpha value is -2.12. The van der Waals surface area contributed by atoms with Crippen molar-refractivity contribution in [2.75, 3.05) is 12.8 Å². The Morgan fingerprint density at radius 3 is 2.64 bits per heavy atom. The van der Waals surface area contributed by atoms with E-state index in [1.54, 1.807) is 39.8 Å². The van der Waals surface area contributed by atoms with Crippen LogP contribution in [0.1, 0.15) is 37.4 Å². The van der Waals surface area contributed by atoms with Crippen LogP contribution in [-0.2, 0) is 20.3 Å². The monoisotopic (exact) mass is 384 g/mol. The summed E-state index contributed by atoms with van der Waals surface area (Å²) >= 11 is 1.19. The summed E-state index contributed by atoms with van der Waals surface area (Å²) in [6.45, 7) is 6.77. The van der Waals surface area contributed by atoms with Crippen LogP contribution in [0.2, 0.25) is 0 Å². The molecule has 1 saturated heterocycles. The quantitative estimate of drug-likeness (QED) is 0.792. The van der Waals surface area contributed by atoms with E-state index in [4.69, 9.17) is 10.00 Å². The van der Waals surface area contributed by atoms with Crippen LogP contribution >= 0.6 is 11.3 Å². The molecule has 1 amide bonds. The molecule has 0 spiro atoms. The van der Waals surface area contributed by atoms with Crippen molar-refractivity contribution < 1.29 is 17.9 Å². The van der Waals surface area contributed by atoms with Crippen molar-refractivity contribution >= 4 is 33.4 Å². The smallest absolute Gasteiger partial charge is 0.437 e. The van der Waals surface area contributed by atoms with Crippen LogP contribution in [0.15, 0.2) is 17.1 Å². The number of ether oxygens (including phenoxy) is 1. The number of guanidine groups is 1. The summed E-state index contributed by atoms with van der Waals surface area (Å²) in [6.07, 6.45) is -0.884. The second-order valence-electron chi connectivity index (χ2n) is 6.87. The lowest BCUT2D eigenvalue weighted by Gasteiger charge is -2.39. The van der Waals surface area contributed by atoms with Crippen LogP contribution < -0.4 is 5.32 Å². The average molecular weight is 384 g/mol. The Labute approximate surface area is 151 Å². The molecular weight excluding hydrogens is 364 g/mol. The molecule has 0 saturated carbocycles. The lowest BCUT2D eigenvalue weighted by molar-refractivity contribution is 0.0602. The third kappa shape index (κ3) is 4.29. The number of rotatable bonds is 1. The van der Waals surface area contributed by atoms with Gasteiger partial charge in [-0.05, 0) is 39.8 Å². The SMILES string of the molecule is CN1/C(=N/C(=O)OC(C)(C)C)N[C@](C)(c2ccc(C#N)s2)CS1(=O)=O. The minimum absolute atomic E-state index is 0.116. The highest BCUT2D eigenvalue weighted by Gasteiger charge is 2.43. The number of nitriles is 1. The van der Waals surface area contributed by atoms with Crippen LogP contribution in [0.5, 0.6) is 0 Å². The summed E-state index contributed by atoms with van der Waals surface area (Å²) in [6, 6.07) is 5.35. The minimum atomic E-state index is -3.70. The van der Waals surface area contributed by atoms with E-state index in [1.165, 1.54) is 18.4 Å². The minimum Gasteiger partial charge on any atom is -0.442 e. The lowest BCUT2D eigenvalue weighted by Crippen LogP contribution is -2.61. The van der Waals surface area contributed by atoms with Gasteiger partial charge in [0.1, 0.15) is 16.5 Å². The molecule has 1 aromatic rings. The Morgan fingerprint density at radius 2 is 2.12 bits per heavy atom. The van der Waals surface area contributed by atoms with Gasteiger partial charge < -0.3 is 10.1 Å². The zero-order valence-corrected chi connectivity index (χ0v) is 16.3. The van der Waals surface area contributed by atoms with E-state index in [2.05, 4.69) is 10.3 Å². The van der Waals surface area contributed by atoms with Gasteiger partial charge in [0.05, 0.1) is 11.3 Å². The lowest BCUT2D eigenvalue weighted by atomic mass is 10.0. The zero-order chi connectivity index (χ0) is 19.0. The van der Waals surface area contributed by atoms with E-state index < -0.39 is 27.3 Å². The van der Waals surface area contributed by atoms with E-state index in [1.807, 2.05) is 6.07 Å². The maximum absolute atomic E-state index is 12.5. The van der Waals surface area contributed by atoms with Gasteiger partial charge >= 0.3 is 6.09 Å². The molecule has 2 heterocycles. The normalized spacial score (nSPS) is 24.5. The van der Waals surface area contributed by atoms with Crippen molar-refractivity contribution in [1.82, 2.24) is 9.62 Å². The van der Waals surface area contributed by atoms with E-state index in [-0.39, 0.29) is 11.7 Å². The van der Waals surface area contributed by atoms with Gasteiger partial charge in [-0.15, -0.1) is 16.3 Å². The highest BCUT2D eigenvalue weighted by Crippen LogP contribution is 2.32. The fraction of sp³-hybridized carbons (Fsp3) is 0.533. The number of carbonyl (C=O) groups excluding carboxylic acids is 1. The highest BCUT2D eigenvalue weighted by molar-refractivity contribution is 7.89. The molecule has 1 aliphatic heterocycles. The van der Waals surface area contributed by atoms with Crippen LogP contribution in [-0.4, -0.2) is 43.2 Å². The summed E-state index contributed by atoms with van der Waals surface area (Å²) in [4.78, 5) is 16.9. The van der Waals surface area contributed by atoms with Gasteiger partial charge in [-0.1, -0.05) is 0 Å². The molecule has 0 aliphatic carbocycles. The van der Waals surface area contributed by atoms with Gasteiger partial charge in [0, 0.05) is 11.9 Å². The van der Waals surface area contributed by atoms with E-state index in [0.29, 0.717) is 9.75 Å². The summed E-state index contributed by atoms with van der Waals surface area (Å²) in [5, 5.41) is 12.0. The van der Waals surface area contributed by atoms with Gasteiger partial charge in [0.15, 0.2) is 0 Å². The average Bonchev–Trinajstić information content (AvgIpc) is 2.91. The number of carbonyl (C=O) groups is 1. The molecule has 25 heavy (non-hydrogen) atoms. The molecule has 0 aromatic carbocycles. The molecule has 0 bridgehead atoms. The van der Waals surface area contributed by atoms with Crippen molar-refractivity contribution in [3.63, 3.8) is 0 Å². The predicted molar refractivity (Wildman–Crippen MR) is 94.7 cm³/mol. The Balaban J connectivity index is 2.41. The van der Waals surface area contributed by atoms with Crippen molar-refractivity contribution in [2.45, 2.75) is 38.8 Å². The molecule has 0 unspecified atom stereocenters. The molecule has 10 heteroatoms. The Kier molecular flexibility index (Phi) is 4.85. The third-order valence-electron chi connectivity index (χ3n) is 3.43. The van der Waals surface area contributed by atoms with E-state index in [9.17, 15) is 13.2 Å². The number of hydrogen-bond acceptors (Lipinski definition) is 6. The number of nitrogens with one attached hydrogen (secondary N) is 1. The topological polar surface area (TPSA) is 112 Å². The van der Waals surface area contributed by atoms with Gasteiger partial charge in [-0.3, -0.25) is 0 Å². The van der Waals surface area contributed by atoms with E-state index >= 15 is 0 Å². The first-order valence-corrected chi connectivity index (χ1v) is 9.86. The van der Waals surface area contributed by atoms with Gasteiger partial charge in [0.25, 0.3) is 0 Å². The first kappa shape index (κ1) is 19.2. The molecule has 1 atom stereocenters. The summed E-state index contributed by atoms with van der Waals surface area (Å²) in [5.74, 6) is -0.343. The molecule has 1 fully saturated rings. The number of thiophene rings is 1. The summed E-state index contributed by atoms with van der Waals surface area (Å²) in [5.41, 5.74) is -1.75. The molecule has 136 valence electrons. The maximum atomic E-state index is 12.5. The largest absolute Gasteiger partial charge is 0.442 e. The molecular formula is C15H20N4O4S2. The number of sulfonamides is 1. The molecule has 1 aromatic heterocycles. The van der Waals surface area contributed by atoms with Crippen molar-refractivity contribution in [1.29, 1.82) is 5.26 Å². The van der Waals surface area contributed by atoms with Crippen LogP contribution in [0.3, 0.4) is 0 Å². The Bertz CT molecular complexity index is 861. The second kappa shape index (κ2) is 6.31. The molecule has 2 rings (SSSR count). The Morgan fingerprint density at radius 1 is 1.48 bits per heavy atom. The van der Waals surface area contributed by atoms with Crippen molar-refractivity contribution in [3.8, 4) is 6.07 Å². The van der Waals surface area contributed by atoms with Crippen molar-refractivity contribution in [3.05, 3.63) is 21.9 Å². The van der Waals surface area contributed by atoms with Gasteiger partial charge in [-0.25, -0.2) is 17.5 Å². The van der Waals surface area contributed by atoms with Crippen molar-refractivity contribution in [2.24, 2.45) is 4.99 Å². The van der Waals surface area contributed by atoms with Crippen LogP contribution in [0.4, 0.5) is 4.79 Å².